The maximum atomic E-state index is 12.9. The highest BCUT2D eigenvalue weighted by atomic mass is 19.1. The fourth-order valence-electron chi connectivity index (χ4n) is 2.59. The molecule has 2 aromatic rings. The minimum absolute atomic E-state index is 0.0270. The van der Waals surface area contributed by atoms with E-state index in [1.807, 2.05) is 19.1 Å². The molecule has 0 saturated heterocycles. The molecule has 0 radical (unpaired) electrons. The third-order valence-corrected chi connectivity index (χ3v) is 4.12. The van der Waals surface area contributed by atoms with E-state index in [1.54, 1.807) is 30.5 Å². The zero-order valence-electron chi connectivity index (χ0n) is 13.5. The first-order chi connectivity index (χ1) is 11.5. The average molecular weight is 326 g/mol. The molecule has 0 bridgehead atoms. The number of aromatic nitrogens is 1. The van der Waals surface area contributed by atoms with Crippen LogP contribution >= 0.6 is 0 Å². The highest BCUT2D eigenvalue weighted by Gasteiger charge is 2.33. The number of hydrogen-bond acceptors (Lipinski definition) is 3. The van der Waals surface area contributed by atoms with Gasteiger partial charge in [-0.2, -0.15) is 0 Å². The molecule has 1 aromatic heterocycles. The molecule has 1 aliphatic rings. The van der Waals surface area contributed by atoms with E-state index in [0.717, 1.165) is 12.8 Å². The Balaban J connectivity index is 1.61. The first-order valence-electron chi connectivity index (χ1n) is 7.87. The van der Waals surface area contributed by atoms with E-state index >= 15 is 0 Å². The molecule has 1 amide bonds. The van der Waals surface area contributed by atoms with Crippen molar-refractivity contribution in [3.8, 4) is 11.5 Å². The Morgan fingerprint density at radius 3 is 2.62 bits per heavy atom. The molecular formula is C19H19FN2O2. The second-order valence-electron chi connectivity index (χ2n) is 6.16. The van der Waals surface area contributed by atoms with Gasteiger partial charge >= 0.3 is 0 Å². The summed E-state index contributed by atoms with van der Waals surface area (Å²) in [5.74, 6) is 0.853. The van der Waals surface area contributed by atoms with Crippen LogP contribution in [0.2, 0.25) is 0 Å². The summed E-state index contributed by atoms with van der Waals surface area (Å²) in [6, 6.07) is 9.29. The van der Waals surface area contributed by atoms with E-state index in [0.29, 0.717) is 23.7 Å². The van der Waals surface area contributed by atoms with Crippen molar-refractivity contribution in [1.29, 1.82) is 0 Å². The lowest BCUT2D eigenvalue weighted by Crippen LogP contribution is -2.37. The van der Waals surface area contributed by atoms with Crippen LogP contribution in [0.25, 0.3) is 0 Å². The molecule has 0 fully saturated rings. The smallest absolute Gasteiger partial charge is 0.226 e. The largest absolute Gasteiger partial charge is 0.457 e. The van der Waals surface area contributed by atoms with Gasteiger partial charge in [0.1, 0.15) is 17.3 Å². The van der Waals surface area contributed by atoms with E-state index in [1.165, 1.54) is 12.1 Å². The quantitative estimate of drug-likeness (QED) is 0.845. The van der Waals surface area contributed by atoms with Gasteiger partial charge in [0.15, 0.2) is 0 Å². The van der Waals surface area contributed by atoms with Crippen molar-refractivity contribution >= 4 is 5.91 Å². The lowest BCUT2D eigenvalue weighted by molar-refractivity contribution is -0.129. The lowest BCUT2D eigenvalue weighted by Gasteiger charge is -2.22. The zero-order chi connectivity index (χ0) is 17.0. The average Bonchev–Trinajstić information content (AvgIpc) is 3.03. The number of benzene rings is 1. The molecule has 124 valence electrons. The van der Waals surface area contributed by atoms with Gasteiger partial charge in [-0.1, -0.05) is 19.1 Å². The molecule has 0 aliphatic heterocycles. The summed E-state index contributed by atoms with van der Waals surface area (Å²) in [6.07, 6.45) is 7.23. The minimum Gasteiger partial charge on any atom is -0.457 e. The monoisotopic (exact) mass is 326 g/mol. The highest BCUT2D eigenvalue weighted by molar-refractivity contribution is 5.83. The fraction of sp³-hybridized carbons (Fsp3) is 0.263. The van der Waals surface area contributed by atoms with Crippen LogP contribution in [-0.4, -0.2) is 10.9 Å². The topological polar surface area (TPSA) is 51.2 Å². The van der Waals surface area contributed by atoms with Crippen LogP contribution in [-0.2, 0) is 11.3 Å². The number of nitrogens with zero attached hydrogens (tertiary/aromatic N) is 1. The highest BCUT2D eigenvalue weighted by Crippen LogP contribution is 2.32. The van der Waals surface area contributed by atoms with Gasteiger partial charge in [-0.05, 0) is 43.2 Å². The van der Waals surface area contributed by atoms with E-state index in [4.69, 9.17) is 4.74 Å². The summed E-state index contributed by atoms with van der Waals surface area (Å²) in [6.45, 7) is 2.30. The molecule has 1 aliphatic carbocycles. The Labute approximate surface area is 140 Å². The molecular weight excluding hydrogens is 307 g/mol. The predicted molar refractivity (Wildman–Crippen MR) is 89.0 cm³/mol. The van der Waals surface area contributed by atoms with Crippen molar-refractivity contribution in [2.24, 2.45) is 5.41 Å². The van der Waals surface area contributed by atoms with Gasteiger partial charge in [-0.15, -0.1) is 0 Å². The van der Waals surface area contributed by atoms with E-state index in [2.05, 4.69) is 10.3 Å². The molecule has 5 heteroatoms. The first-order valence-corrected chi connectivity index (χ1v) is 7.87. The molecule has 0 saturated carbocycles. The van der Waals surface area contributed by atoms with Crippen molar-refractivity contribution < 1.29 is 13.9 Å². The summed E-state index contributed by atoms with van der Waals surface area (Å²) >= 11 is 0. The van der Waals surface area contributed by atoms with Crippen LogP contribution in [0.5, 0.6) is 11.5 Å². The molecule has 0 unspecified atom stereocenters. The minimum atomic E-state index is -0.359. The Morgan fingerprint density at radius 1 is 1.21 bits per heavy atom. The van der Waals surface area contributed by atoms with Gasteiger partial charge in [0.25, 0.3) is 0 Å². The summed E-state index contributed by atoms with van der Waals surface area (Å²) < 4.78 is 18.6. The molecule has 1 heterocycles. The molecule has 24 heavy (non-hydrogen) atoms. The SMILES string of the molecule is CC1(C(=O)NCc2cc(Oc3ccc(F)cc3)ccn2)CC=CC1. The number of hydrogen-bond donors (Lipinski definition) is 1. The Bertz CT molecular complexity index is 748. The second-order valence-corrected chi connectivity index (χ2v) is 6.16. The summed E-state index contributed by atoms with van der Waals surface area (Å²) in [7, 11) is 0. The maximum absolute atomic E-state index is 12.9. The molecule has 1 N–H and O–H groups in total. The number of allylic oxidation sites excluding steroid dienone is 2. The maximum Gasteiger partial charge on any atom is 0.226 e. The van der Waals surface area contributed by atoms with Gasteiger partial charge < -0.3 is 10.1 Å². The number of amides is 1. The number of rotatable bonds is 5. The Hall–Kier alpha value is -2.69. The number of nitrogens with one attached hydrogen (secondary N) is 1. The number of carbonyl (C=O) groups excluding carboxylic acids is 1. The van der Waals surface area contributed by atoms with Crippen molar-refractivity contribution in [3.63, 3.8) is 0 Å². The zero-order valence-corrected chi connectivity index (χ0v) is 13.5. The van der Waals surface area contributed by atoms with E-state index in [9.17, 15) is 9.18 Å². The van der Waals surface area contributed by atoms with Gasteiger partial charge in [-0.25, -0.2) is 4.39 Å². The molecule has 3 rings (SSSR count). The van der Waals surface area contributed by atoms with E-state index in [-0.39, 0.29) is 17.1 Å². The number of carbonyl (C=O) groups is 1. The Kier molecular flexibility index (Phi) is 4.60. The van der Waals surface area contributed by atoms with Crippen LogP contribution in [0.3, 0.4) is 0 Å². The Morgan fingerprint density at radius 2 is 1.92 bits per heavy atom. The summed E-state index contributed by atoms with van der Waals surface area (Å²) in [5, 5.41) is 2.93. The normalized spacial score (nSPS) is 15.2. The predicted octanol–water partition coefficient (Wildman–Crippen LogP) is 3.99. The standard InChI is InChI=1S/C19H19FN2O2/c1-19(9-2-3-10-19)18(23)22-13-15-12-17(8-11-21-15)24-16-6-4-14(20)5-7-16/h2-8,11-12H,9-10,13H2,1H3,(H,22,23). The van der Waals surface area contributed by atoms with Gasteiger partial charge in [0, 0.05) is 12.3 Å². The third kappa shape index (κ3) is 3.79. The molecule has 0 atom stereocenters. The number of pyridine rings is 1. The van der Waals surface area contributed by atoms with Crippen LogP contribution in [0, 0.1) is 11.2 Å². The van der Waals surface area contributed by atoms with Crippen molar-refractivity contribution in [2.45, 2.75) is 26.3 Å². The molecule has 4 nitrogen and oxygen atoms in total. The van der Waals surface area contributed by atoms with Gasteiger partial charge in [-0.3, -0.25) is 9.78 Å². The second kappa shape index (κ2) is 6.83. The number of ether oxygens (including phenoxy) is 1. The van der Waals surface area contributed by atoms with Gasteiger partial charge in [0.2, 0.25) is 5.91 Å². The van der Waals surface area contributed by atoms with E-state index < -0.39 is 0 Å². The summed E-state index contributed by atoms with van der Waals surface area (Å²) in [4.78, 5) is 16.5. The lowest BCUT2D eigenvalue weighted by atomic mass is 9.87. The molecule has 0 spiro atoms. The van der Waals surface area contributed by atoms with Crippen molar-refractivity contribution in [3.05, 3.63) is 66.3 Å². The van der Waals surface area contributed by atoms with Gasteiger partial charge in [0.05, 0.1) is 17.7 Å². The van der Waals surface area contributed by atoms with Crippen molar-refractivity contribution in [2.75, 3.05) is 0 Å². The number of halogens is 1. The first kappa shape index (κ1) is 16.2. The fourth-order valence-corrected chi connectivity index (χ4v) is 2.59. The van der Waals surface area contributed by atoms with Crippen LogP contribution in [0.4, 0.5) is 4.39 Å². The summed E-state index contributed by atoms with van der Waals surface area (Å²) in [5.41, 5.74) is 0.347. The van der Waals surface area contributed by atoms with Crippen LogP contribution in [0.15, 0.2) is 54.7 Å². The third-order valence-electron chi connectivity index (χ3n) is 4.12. The van der Waals surface area contributed by atoms with Crippen LogP contribution in [0.1, 0.15) is 25.5 Å². The van der Waals surface area contributed by atoms with Crippen LogP contribution < -0.4 is 10.1 Å². The molecule has 1 aromatic carbocycles. The van der Waals surface area contributed by atoms with Crippen molar-refractivity contribution in [1.82, 2.24) is 10.3 Å².